The third-order valence-corrected chi connectivity index (χ3v) is 7.89. The average molecular weight is 565 g/mol. The lowest BCUT2D eigenvalue weighted by atomic mass is 9.93. The number of fused-ring (bicyclic) bond motifs is 1. The van der Waals surface area contributed by atoms with E-state index in [2.05, 4.69) is 64.7 Å². The van der Waals surface area contributed by atoms with Crippen LogP contribution in [-0.2, 0) is 22.5 Å². The fourth-order valence-corrected chi connectivity index (χ4v) is 5.50. The van der Waals surface area contributed by atoms with Crippen molar-refractivity contribution in [2.24, 2.45) is 0 Å². The Balaban J connectivity index is 1.06. The number of benzene rings is 2. The number of ketones is 1. The molecule has 2 aliphatic carbocycles. The molecule has 3 aliphatic rings. The van der Waals surface area contributed by atoms with Crippen molar-refractivity contribution >= 4 is 17.8 Å². The van der Waals surface area contributed by atoms with E-state index in [1.165, 1.54) is 11.1 Å². The quantitative estimate of drug-likeness (QED) is 0.365. The third kappa shape index (κ3) is 6.78. The van der Waals surface area contributed by atoms with Gasteiger partial charge in [-0.05, 0) is 60.2 Å². The lowest BCUT2D eigenvalue weighted by Gasteiger charge is -2.26. The van der Waals surface area contributed by atoms with E-state index < -0.39 is 0 Å². The number of rotatable bonds is 10. The summed E-state index contributed by atoms with van der Waals surface area (Å²) in [6, 6.07) is 14.4. The molecule has 0 bridgehead atoms. The van der Waals surface area contributed by atoms with Crippen LogP contribution >= 0.6 is 0 Å². The minimum Gasteiger partial charge on any atom is -0.494 e. The number of aromatic nitrogens is 2. The number of carbonyl (C=O) groups is 2. The number of allylic oxidation sites excluding steroid dienone is 4. The topological polar surface area (TPSA) is 85.7 Å². The Bertz CT molecular complexity index is 1560. The van der Waals surface area contributed by atoms with Crippen molar-refractivity contribution in [2.75, 3.05) is 39.5 Å². The van der Waals surface area contributed by atoms with E-state index in [0.717, 1.165) is 61.7 Å². The second-order valence-corrected chi connectivity index (χ2v) is 11.1. The second kappa shape index (κ2) is 12.7. The molecule has 1 fully saturated rings. The van der Waals surface area contributed by atoms with Crippen LogP contribution in [0.25, 0.3) is 6.08 Å². The molecule has 0 spiro atoms. The summed E-state index contributed by atoms with van der Waals surface area (Å²) in [5.41, 5.74) is 7.27. The van der Waals surface area contributed by atoms with E-state index >= 15 is 0 Å². The summed E-state index contributed by atoms with van der Waals surface area (Å²) in [4.78, 5) is 28.3. The van der Waals surface area contributed by atoms with Gasteiger partial charge in [0.15, 0.2) is 5.78 Å². The van der Waals surface area contributed by atoms with Crippen molar-refractivity contribution in [3.63, 3.8) is 0 Å². The maximum Gasteiger partial charge on any atom is 0.258 e. The van der Waals surface area contributed by atoms with Gasteiger partial charge < -0.3 is 14.8 Å². The van der Waals surface area contributed by atoms with Crippen LogP contribution in [0.3, 0.4) is 0 Å². The molecule has 2 heterocycles. The van der Waals surface area contributed by atoms with Crippen molar-refractivity contribution in [1.82, 2.24) is 20.0 Å². The van der Waals surface area contributed by atoms with Gasteiger partial charge in [-0.3, -0.25) is 19.2 Å². The SMILES string of the molecule is Cc1ccc(Cn2cc(C(=O)NC3=CCC(=O)C(C4=Cc5cc(OCCCN6CCOCC6)ccc5C4)=C3)cn2)cc1. The highest BCUT2D eigenvalue weighted by molar-refractivity contribution is 6.04. The van der Waals surface area contributed by atoms with E-state index in [1.54, 1.807) is 29.2 Å². The summed E-state index contributed by atoms with van der Waals surface area (Å²) in [6.45, 7) is 7.91. The maximum atomic E-state index is 13.0. The van der Waals surface area contributed by atoms with Crippen molar-refractivity contribution in [2.45, 2.75) is 32.7 Å². The van der Waals surface area contributed by atoms with Gasteiger partial charge in [0, 0.05) is 43.5 Å². The molecule has 1 amide bonds. The molecule has 216 valence electrons. The van der Waals surface area contributed by atoms with Gasteiger partial charge >= 0.3 is 0 Å². The predicted molar refractivity (Wildman–Crippen MR) is 161 cm³/mol. The zero-order chi connectivity index (χ0) is 28.9. The molecule has 6 rings (SSSR count). The molecule has 1 saturated heterocycles. The van der Waals surface area contributed by atoms with Gasteiger partial charge in [0.2, 0.25) is 0 Å². The molecule has 2 aromatic carbocycles. The summed E-state index contributed by atoms with van der Waals surface area (Å²) in [5, 5.41) is 7.31. The van der Waals surface area contributed by atoms with E-state index in [0.29, 0.717) is 36.4 Å². The molecule has 0 radical (unpaired) electrons. The first kappa shape index (κ1) is 27.9. The Hall–Kier alpha value is -4.27. The van der Waals surface area contributed by atoms with Gasteiger partial charge in [0.25, 0.3) is 5.91 Å². The van der Waals surface area contributed by atoms with Crippen LogP contribution < -0.4 is 10.1 Å². The van der Waals surface area contributed by atoms with Crippen molar-refractivity contribution in [3.8, 4) is 5.75 Å². The van der Waals surface area contributed by atoms with Crippen molar-refractivity contribution < 1.29 is 19.1 Å². The molecule has 1 aromatic heterocycles. The van der Waals surface area contributed by atoms with Crippen molar-refractivity contribution in [1.29, 1.82) is 0 Å². The predicted octanol–water partition coefficient (Wildman–Crippen LogP) is 4.49. The summed E-state index contributed by atoms with van der Waals surface area (Å²) in [7, 11) is 0. The first-order valence-corrected chi connectivity index (χ1v) is 14.6. The van der Waals surface area contributed by atoms with Gasteiger partial charge in [-0.25, -0.2) is 0 Å². The van der Waals surface area contributed by atoms with Crippen LogP contribution in [0.15, 0.2) is 83.9 Å². The third-order valence-electron chi connectivity index (χ3n) is 7.89. The number of nitrogens with one attached hydrogen (secondary N) is 1. The van der Waals surface area contributed by atoms with Gasteiger partial charge in [0.05, 0.1) is 38.1 Å². The Morgan fingerprint density at radius 1 is 1.10 bits per heavy atom. The number of amides is 1. The first-order valence-electron chi connectivity index (χ1n) is 14.6. The summed E-state index contributed by atoms with van der Waals surface area (Å²) in [6.07, 6.45) is 10.8. The molecule has 0 saturated carbocycles. The maximum absolute atomic E-state index is 13.0. The number of aryl methyl sites for hydroxylation is 1. The van der Waals surface area contributed by atoms with Crippen LogP contribution in [0, 0.1) is 6.92 Å². The van der Waals surface area contributed by atoms with E-state index in [4.69, 9.17) is 9.47 Å². The van der Waals surface area contributed by atoms with Crippen LogP contribution in [0.5, 0.6) is 5.75 Å². The molecule has 8 nitrogen and oxygen atoms in total. The van der Waals surface area contributed by atoms with Gasteiger partial charge in [-0.15, -0.1) is 0 Å². The monoisotopic (exact) mass is 564 g/mol. The van der Waals surface area contributed by atoms with Gasteiger partial charge in [-0.1, -0.05) is 48.0 Å². The molecular formula is C34H36N4O4. The number of carbonyl (C=O) groups excluding carboxylic acids is 2. The minimum absolute atomic E-state index is 0.0533. The molecular weight excluding hydrogens is 528 g/mol. The van der Waals surface area contributed by atoms with Gasteiger partial charge in [0.1, 0.15) is 5.75 Å². The average Bonchev–Trinajstić information content (AvgIpc) is 3.65. The lowest BCUT2D eigenvalue weighted by Crippen LogP contribution is -2.37. The summed E-state index contributed by atoms with van der Waals surface area (Å²) >= 11 is 0. The van der Waals surface area contributed by atoms with Gasteiger partial charge in [-0.2, -0.15) is 5.10 Å². The standard InChI is InChI=1S/C34H36N4O4/c1-24-3-5-25(6-4-24)22-38-23-29(21-35-38)34(40)36-30-8-10-33(39)32(20-30)28-17-26-7-9-31(19-27(26)18-28)42-14-2-11-37-12-15-41-16-13-37/h3-9,18-21,23H,2,10-17,22H2,1H3,(H,36,40). The highest BCUT2D eigenvalue weighted by Crippen LogP contribution is 2.34. The Labute approximate surface area is 246 Å². The number of hydrogen-bond donors (Lipinski definition) is 1. The first-order chi connectivity index (χ1) is 20.5. The zero-order valence-electron chi connectivity index (χ0n) is 24.0. The van der Waals surface area contributed by atoms with Crippen LogP contribution in [0.1, 0.15) is 45.5 Å². The van der Waals surface area contributed by atoms with E-state index in [1.807, 2.05) is 6.07 Å². The van der Waals surface area contributed by atoms with E-state index in [9.17, 15) is 9.59 Å². The highest BCUT2D eigenvalue weighted by Gasteiger charge is 2.24. The number of hydrogen-bond acceptors (Lipinski definition) is 6. The number of morpholine rings is 1. The van der Waals surface area contributed by atoms with Crippen LogP contribution in [0.4, 0.5) is 0 Å². The fourth-order valence-electron chi connectivity index (χ4n) is 5.50. The number of ether oxygens (including phenoxy) is 2. The Morgan fingerprint density at radius 2 is 1.93 bits per heavy atom. The minimum atomic E-state index is -0.250. The molecule has 0 atom stereocenters. The number of nitrogens with zero attached hydrogens (tertiary/aromatic N) is 3. The molecule has 1 aliphatic heterocycles. The second-order valence-electron chi connectivity index (χ2n) is 11.1. The lowest BCUT2D eigenvalue weighted by molar-refractivity contribution is -0.114. The zero-order valence-corrected chi connectivity index (χ0v) is 24.0. The molecule has 42 heavy (non-hydrogen) atoms. The van der Waals surface area contributed by atoms with Crippen LogP contribution in [0.2, 0.25) is 0 Å². The highest BCUT2D eigenvalue weighted by atomic mass is 16.5. The molecule has 0 unspecified atom stereocenters. The Kier molecular flexibility index (Phi) is 8.44. The van der Waals surface area contributed by atoms with Crippen LogP contribution in [-0.4, -0.2) is 65.8 Å². The number of Topliss-reactive ketones (excluding diaryl/α,β-unsaturated/α-hetero) is 1. The largest absolute Gasteiger partial charge is 0.494 e. The summed E-state index contributed by atoms with van der Waals surface area (Å²) in [5.74, 6) is 0.644. The molecule has 1 N–H and O–H groups in total. The normalized spacial score (nSPS) is 16.9. The Morgan fingerprint density at radius 3 is 2.76 bits per heavy atom. The van der Waals surface area contributed by atoms with E-state index in [-0.39, 0.29) is 18.1 Å². The van der Waals surface area contributed by atoms with Crippen molar-refractivity contribution in [3.05, 3.63) is 112 Å². The molecule has 3 aromatic rings. The molecule has 8 heteroatoms. The summed E-state index contributed by atoms with van der Waals surface area (Å²) < 4.78 is 13.2. The fraction of sp³-hybridized carbons (Fsp3) is 0.324. The smallest absolute Gasteiger partial charge is 0.258 e.